The molecule has 3 fully saturated rings. The average Bonchev–Trinajstić information content (AvgIpc) is 3.29. The van der Waals surface area contributed by atoms with Gasteiger partial charge in [-0.15, -0.1) is 0 Å². The Morgan fingerprint density at radius 3 is 2.81 bits per heavy atom. The van der Waals surface area contributed by atoms with E-state index in [0.29, 0.717) is 17.9 Å². The standard InChI is InChI=1S/C22H25N3O/c1-16-5-2-3-6-18(16)14-24-15-19-13-20(17-7-10-23-11-8-17)25-12-4-9-22(19,25)21(24)26/h2-3,5-8,10-11,19-20H,4,9,12-15H2,1H3/t19-,20-,22-/m0/s1. The lowest BCUT2D eigenvalue weighted by atomic mass is 9.85. The molecule has 0 N–H and O–H groups in total. The first kappa shape index (κ1) is 16.0. The van der Waals surface area contributed by atoms with E-state index in [1.807, 2.05) is 12.4 Å². The van der Waals surface area contributed by atoms with E-state index in [0.717, 1.165) is 38.9 Å². The number of carbonyl (C=O) groups is 1. The Bertz CT molecular complexity index is 836. The maximum Gasteiger partial charge on any atom is 0.243 e. The number of likely N-dealkylation sites (tertiary alicyclic amines) is 1. The number of hydrogen-bond acceptors (Lipinski definition) is 3. The van der Waals surface area contributed by atoms with Crippen LogP contribution in [0.1, 0.15) is 42.0 Å². The fourth-order valence-corrected chi connectivity index (χ4v) is 5.61. The van der Waals surface area contributed by atoms with Crippen molar-refractivity contribution in [3.8, 4) is 0 Å². The van der Waals surface area contributed by atoms with Crippen molar-refractivity contribution < 1.29 is 4.79 Å². The molecule has 3 saturated heterocycles. The maximum atomic E-state index is 13.6. The van der Waals surface area contributed by atoms with Crippen molar-refractivity contribution in [3.05, 3.63) is 65.5 Å². The first-order chi connectivity index (χ1) is 12.7. The molecule has 1 spiro atoms. The van der Waals surface area contributed by atoms with Gasteiger partial charge in [0.25, 0.3) is 0 Å². The molecular formula is C22H25N3O. The summed E-state index contributed by atoms with van der Waals surface area (Å²) in [6.45, 7) is 4.81. The van der Waals surface area contributed by atoms with E-state index in [4.69, 9.17) is 0 Å². The summed E-state index contributed by atoms with van der Waals surface area (Å²) < 4.78 is 0. The average molecular weight is 347 g/mol. The minimum atomic E-state index is -0.253. The third-order valence-corrected chi connectivity index (χ3v) is 6.84. The van der Waals surface area contributed by atoms with Gasteiger partial charge in [-0.2, -0.15) is 0 Å². The zero-order chi connectivity index (χ0) is 17.7. The van der Waals surface area contributed by atoms with Crippen molar-refractivity contribution in [1.29, 1.82) is 0 Å². The van der Waals surface area contributed by atoms with E-state index in [2.05, 4.69) is 58.1 Å². The van der Waals surface area contributed by atoms with Crippen LogP contribution in [0.25, 0.3) is 0 Å². The van der Waals surface area contributed by atoms with Gasteiger partial charge in [0, 0.05) is 37.4 Å². The van der Waals surface area contributed by atoms with Crippen LogP contribution < -0.4 is 0 Å². The molecule has 5 rings (SSSR count). The highest BCUT2D eigenvalue weighted by Crippen LogP contribution is 2.56. The van der Waals surface area contributed by atoms with E-state index >= 15 is 0 Å². The molecule has 4 heterocycles. The van der Waals surface area contributed by atoms with E-state index in [1.54, 1.807) is 0 Å². The van der Waals surface area contributed by atoms with Gasteiger partial charge in [0.2, 0.25) is 5.91 Å². The maximum absolute atomic E-state index is 13.6. The zero-order valence-corrected chi connectivity index (χ0v) is 15.3. The van der Waals surface area contributed by atoms with Crippen LogP contribution in [0, 0.1) is 12.8 Å². The molecule has 26 heavy (non-hydrogen) atoms. The molecule has 134 valence electrons. The summed E-state index contributed by atoms with van der Waals surface area (Å²) >= 11 is 0. The molecule has 3 atom stereocenters. The highest BCUT2D eigenvalue weighted by atomic mass is 16.2. The Morgan fingerprint density at radius 2 is 2.00 bits per heavy atom. The number of aryl methyl sites for hydroxylation is 1. The Morgan fingerprint density at radius 1 is 1.19 bits per heavy atom. The van der Waals surface area contributed by atoms with Crippen LogP contribution in [0.4, 0.5) is 0 Å². The largest absolute Gasteiger partial charge is 0.336 e. The zero-order valence-electron chi connectivity index (χ0n) is 15.3. The number of pyridine rings is 1. The SMILES string of the molecule is Cc1ccccc1CN1C[C@@H]2C[C@@H](c3ccncc3)N3CCC[C@@]23C1=O. The first-order valence-electron chi connectivity index (χ1n) is 9.71. The van der Waals surface area contributed by atoms with Gasteiger partial charge in [-0.05, 0) is 61.6 Å². The Balaban J connectivity index is 1.44. The van der Waals surface area contributed by atoms with E-state index in [9.17, 15) is 4.79 Å². The van der Waals surface area contributed by atoms with Crippen LogP contribution in [-0.2, 0) is 11.3 Å². The molecule has 1 aromatic heterocycles. The Hall–Kier alpha value is -2.20. The van der Waals surface area contributed by atoms with Gasteiger partial charge in [-0.3, -0.25) is 14.7 Å². The van der Waals surface area contributed by atoms with Crippen molar-refractivity contribution in [1.82, 2.24) is 14.8 Å². The summed E-state index contributed by atoms with van der Waals surface area (Å²) in [6, 6.07) is 13.0. The molecule has 1 aromatic carbocycles. The number of nitrogens with zero attached hydrogens (tertiary/aromatic N) is 3. The van der Waals surface area contributed by atoms with Crippen LogP contribution in [0.5, 0.6) is 0 Å². The second-order valence-corrected chi connectivity index (χ2v) is 8.06. The summed E-state index contributed by atoms with van der Waals surface area (Å²) in [4.78, 5) is 22.4. The molecule has 0 unspecified atom stereocenters. The second-order valence-electron chi connectivity index (χ2n) is 8.06. The van der Waals surface area contributed by atoms with Gasteiger partial charge >= 0.3 is 0 Å². The lowest BCUT2D eigenvalue weighted by molar-refractivity contribution is -0.137. The monoisotopic (exact) mass is 347 g/mol. The van der Waals surface area contributed by atoms with Crippen molar-refractivity contribution >= 4 is 5.91 Å². The van der Waals surface area contributed by atoms with Gasteiger partial charge < -0.3 is 4.90 Å². The van der Waals surface area contributed by atoms with Crippen LogP contribution in [0.2, 0.25) is 0 Å². The number of hydrogen-bond donors (Lipinski definition) is 0. The van der Waals surface area contributed by atoms with Crippen molar-refractivity contribution in [2.75, 3.05) is 13.1 Å². The summed E-state index contributed by atoms with van der Waals surface area (Å²) in [6.07, 6.45) is 6.97. The highest BCUT2D eigenvalue weighted by molar-refractivity contribution is 5.90. The fourth-order valence-electron chi connectivity index (χ4n) is 5.61. The molecule has 1 amide bonds. The summed E-state index contributed by atoms with van der Waals surface area (Å²) in [5.41, 5.74) is 3.60. The summed E-state index contributed by atoms with van der Waals surface area (Å²) in [5.74, 6) is 0.805. The van der Waals surface area contributed by atoms with Gasteiger partial charge in [0.05, 0.1) is 0 Å². The summed E-state index contributed by atoms with van der Waals surface area (Å²) in [7, 11) is 0. The van der Waals surface area contributed by atoms with Gasteiger partial charge in [-0.1, -0.05) is 24.3 Å². The topological polar surface area (TPSA) is 36.4 Å². The lowest BCUT2D eigenvalue weighted by Gasteiger charge is -2.33. The van der Waals surface area contributed by atoms with Gasteiger partial charge in [0.15, 0.2) is 0 Å². The Labute approximate surface area is 154 Å². The van der Waals surface area contributed by atoms with Crippen molar-refractivity contribution in [3.63, 3.8) is 0 Å². The van der Waals surface area contributed by atoms with Crippen LogP contribution in [0.3, 0.4) is 0 Å². The van der Waals surface area contributed by atoms with E-state index < -0.39 is 0 Å². The van der Waals surface area contributed by atoms with Crippen LogP contribution >= 0.6 is 0 Å². The molecule has 0 bridgehead atoms. The molecule has 0 radical (unpaired) electrons. The third kappa shape index (κ3) is 2.18. The predicted molar refractivity (Wildman–Crippen MR) is 100 cm³/mol. The number of aromatic nitrogens is 1. The second kappa shape index (κ2) is 5.92. The minimum Gasteiger partial charge on any atom is -0.336 e. The molecule has 3 aliphatic heterocycles. The number of amides is 1. The molecule has 0 saturated carbocycles. The smallest absolute Gasteiger partial charge is 0.243 e. The lowest BCUT2D eigenvalue weighted by Crippen LogP contribution is -2.49. The van der Waals surface area contributed by atoms with E-state index in [1.165, 1.54) is 16.7 Å². The number of benzene rings is 1. The Kier molecular flexibility index (Phi) is 3.64. The predicted octanol–water partition coefficient (Wildman–Crippen LogP) is 3.33. The van der Waals surface area contributed by atoms with Crippen molar-refractivity contribution in [2.45, 2.75) is 44.3 Å². The van der Waals surface area contributed by atoms with E-state index in [-0.39, 0.29) is 5.54 Å². The number of rotatable bonds is 3. The quantitative estimate of drug-likeness (QED) is 0.854. The fraction of sp³-hybridized carbons (Fsp3) is 0.455. The molecule has 2 aromatic rings. The van der Waals surface area contributed by atoms with Crippen LogP contribution in [0.15, 0.2) is 48.8 Å². The third-order valence-electron chi connectivity index (χ3n) is 6.84. The molecule has 4 nitrogen and oxygen atoms in total. The molecule has 4 heteroatoms. The number of carbonyl (C=O) groups excluding carboxylic acids is 1. The van der Waals surface area contributed by atoms with Crippen molar-refractivity contribution in [2.24, 2.45) is 5.92 Å². The molecule has 3 aliphatic rings. The highest BCUT2D eigenvalue weighted by Gasteiger charge is 2.65. The minimum absolute atomic E-state index is 0.253. The molecule has 0 aliphatic carbocycles. The molecular weight excluding hydrogens is 322 g/mol. The normalized spacial score (nSPS) is 30.7. The van der Waals surface area contributed by atoms with Gasteiger partial charge in [0.1, 0.15) is 5.54 Å². The van der Waals surface area contributed by atoms with Crippen LogP contribution in [-0.4, -0.2) is 39.3 Å². The summed E-state index contributed by atoms with van der Waals surface area (Å²) in [5, 5.41) is 0. The first-order valence-corrected chi connectivity index (χ1v) is 9.71. The van der Waals surface area contributed by atoms with Gasteiger partial charge in [-0.25, -0.2) is 0 Å².